The molecule has 0 saturated carbocycles. The van der Waals surface area contributed by atoms with Crippen LogP contribution in [0.1, 0.15) is 33.0 Å². The molecule has 0 bridgehead atoms. The monoisotopic (exact) mass is 416 g/mol. The number of ether oxygens (including phenoxy) is 3. The molecule has 0 amide bonds. The molecule has 5 nitrogen and oxygen atoms in total. The van der Waals surface area contributed by atoms with E-state index in [0.29, 0.717) is 17.1 Å². The lowest BCUT2D eigenvalue weighted by Crippen LogP contribution is -2.44. The van der Waals surface area contributed by atoms with Crippen molar-refractivity contribution in [3.63, 3.8) is 0 Å². The van der Waals surface area contributed by atoms with Gasteiger partial charge in [-0.25, -0.2) is 0 Å². The number of carbonyl (C=O) groups is 2. The van der Waals surface area contributed by atoms with Gasteiger partial charge in [-0.3, -0.25) is 9.59 Å². The van der Waals surface area contributed by atoms with Crippen molar-refractivity contribution < 1.29 is 23.8 Å². The Balaban J connectivity index is 1.94. The molecule has 4 rings (SSSR count). The molecule has 0 spiro atoms. The molecule has 1 unspecified atom stereocenters. The number of carbonyl (C=O) groups excluding carboxylic acids is 2. The number of rotatable bonds is 6. The van der Waals surface area contributed by atoms with Gasteiger partial charge in [0.1, 0.15) is 16.9 Å². The van der Waals surface area contributed by atoms with E-state index in [1.807, 2.05) is 66.7 Å². The van der Waals surface area contributed by atoms with E-state index < -0.39 is 17.3 Å². The number of Topliss-reactive ketones (excluding diaryl/α,β-unsaturated/α-hetero) is 1. The molecular weight excluding hydrogens is 392 g/mol. The number of fused-ring (bicyclic) bond motifs is 1. The van der Waals surface area contributed by atoms with Gasteiger partial charge in [0, 0.05) is 11.5 Å². The van der Waals surface area contributed by atoms with E-state index in [-0.39, 0.29) is 12.2 Å². The molecule has 0 saturated heterocycles. The first kappa shape index (κ1) is 20.7. The van der Waals surface area contributed by atoms with E-state index in [0.717, 1.165) is 16.7 Å². The number of hydrogen-bond acceptors (Lipinski definition) is 5. The predicted octanol–water partition coefficient (Wildman–Crippen LogP) is 4.43. The Morgan fingerprint density at radius 3 is 1.77 bits per heavy atom. The van der Waals surface area contributed by atoms with Crippen molar-refractivity contribution in [3.8, 4) is 11.5 Å². The normalized spacial score (nSPS) is 17.4. The van der Waals surface area contributed by atoms with Crippen LogP contribution in [0.3, 0.4) is 0 Å². The highest BCUT2D eigenvalue weighted by Crippen LogP contribution is 2.51. The van der Waals surface area contributed by atoms with E-state index in [4.69, 9.17) is 14.2 Å². The van der Waals surface area contributed by atoms with Gasteiger partial charge in [-0.05, 0) is 47.4 Å². The number of hydrogen-bond donors (Lipinski definition) is 0. The molecule has 158 valence electrons. The Hall–Kier alpha value is -3.60. The number of ketones is 1. The van der Waals surface area contributed by atoms with Crippen molar-refractivity contribution in [1.82, 2.24) is 0 Å². The van der Waals surface area contributed by atoms with Crippen LogP contribution in [-0.4, -0.2) is 33.1 Å². The quantitative estimate of drug-likeness (QED) is 0.439. The maximum atomic E-state index is 13.8. The third kappa shape index (κ3) is 3.36. The SMILES string of the molecule is COC(=O)C1(C(c2ccc(OC)cc2)c2ccc(OC)cc2)Cc2ccccc2C1=O. The van der Waals surface area contributed by atoms with Crippen LogP contribution in [0.4, 0.5) is 0 Å². The highest BCUT2D eigenvalue weighted by Gasteiger charge is 2.58. The van der Waals surface area contributed by atoms with Gasteiger partial charge in [0.2, 0.25) is 0 Å². The zero-order chi connectivity index (χ0) is 22.0. The molecule has 5 heteroatoms. The fraction of sp³-hybridized carbons (Fsp3) is 0.231. The van der Waals surface area contributed by atoms with E-state index in [2.05, 4.69) is 0 Å². The number of methoxy groups -OCH3 is 3. The van der Waals surface area contributed by atoms with E-state index in [1.54, 1.807) is 20.3 Å². The van der Waals surface area contributed by atoms with Crippen LogP contribution in [0.5, 0.6) is 11.5 Å². The summed E-state index contributed by atoms with van der Waals surface area (Å²) >= 11 is 0. The maximum Gasteiger partial charge on any atom is 0.321 e. The fourth-order valence-electron chi connectivity index (χ4n) is 4.57. The summed E-state index contributed by atoms with van der Waals surface area (Å²) in [5.41, 5.74) is 1.68. The van der Waals surface area contributed by atoms with Crippen LogP contribution in [0.25, 0.3) is 0 Å². The highest BCUT2D eigenvalue weighted by atomic mass is 16.5. The first-order valence-electron chi connectivity index (χ1n) is 10.0. The van der Waals surface area contributed by atoms with Crippen molar-refractivity contribution in [2.45, 2.75) is 12.3 Å². The molecule has 3 aromatic rings. The van der Waals surface area contributed by atoms with E-state index in [9.17, 15) is 9.59 Å². The van der Waals surface area contributed by atoms with Gasteiger partial charge in [-0.1, -0.05) is 48.5 Å². The summed E-state index contributed by atoms with van der Waals surface area (Å²) in [4.78, 5) is 27.2. The summed E-state index contributed by atoms with van der Waals surface area (Å²) in [6.45, 7) is 0. The molecule has 0 N–H and O–H groups in total. The Morgan fingerprint density at radius 1 is 0.806 bits per heavy atom. The molecule has 0 aromatic heterocycles. The first-order chi connectivity index (χ1) is 15.0. The second-order valence-corrected chi connectivity index (χ2v) is 7.61. The zero-order valence-electron chi connectivity index (χ0n) is 17.8. The smallest absolute Gasteiger partial charge is 0.321 e. The van der Waals surface area contributed by atoms with Gasteiger partial charge in [0.25, 0.3) is 0 Å². The van der Waals surface area contributed by atoms with Crippen LogP contribution in [0.15, 0.2) is 72.8 Å². The van der Waals surface area contributed by atoms with Gasteiger partial charge >= 0.3 is 5.97 Å². The Morgan fingerprint density at radius 2 is 1.32 bits per heavy atom. The third-order valence-corrected chi connectivity index (χ3v) is 6.08. The predicted molar refractivity (Wildman–Crippen MR) is 117 cm³/mol. The van der Waals surface area contributed by atoms with Crippen molar-refractivity contribution in [2.75, 3.05) is 21.3 Å². The summed E-state index contributed by atoms with van der Waals surface area (Å²) < 4.78 is 15.8. The summed E-state index contributed by atoms with van der Waals surface area (Å²) in [5.74, 6) is 0.101. The minimum atomic E-state index is -1.40. The molecule has 31 heavy (non-hydrogen) atoms. The topological polar surface area (TPSA) is 61.8 Å². The van der Waals surface area contributed by atoms with Crippen molar-refractivity contribution >= 4 is 11.8 Å². The summed E-state index contributed by atoms with van der Waals surface area (Å²) in [7, 11) is 4.53. The summed E-state index contributed by atoms with van der Waals surface area (Å²) in [5, 5.41) is 0. The highest BCUT2D eigenvalue weighted by molar-refractivity contribution is 6.17. The van der Waals surface area contributed by atoms with Crippen LogP contribution in [0.2, 0.25) is 0 Å². The Kier molecular flexibility index (Phi) is 5.51. The van der Waals surface area contributed by atoms with Gasteiger partial charge in [-0.15, -0.1) is 0 Å². The molecule has 0 heterocycles. The molecule has 0 radical (unpaired) electrons. The second-order valence-electron chi connectivity index (χ2n) is 7.61. The molecule has 1 aliphatic rings. The number of esters is 1. The van der Waals surface area contributed by atoms with E-state index in [1.165, 1.54) is 7.11 Å². The van der Waals surface area contributed by atoms with Gasteiger partial charge < -0.3 is 14.2 Å². The molecule has 0 aliphatic heterocycles. The van der Waals surface area contributed by atoms with Crippen LogP contribution in [-0.2, 0) is 16.0 Å². The fourth-order valence-corrected chi connectivity index (χ4v) is 4.57. The minimum absolute atomic E-state index is 0.216. The third-order valence-electron chi connectivity index (χ3n) is 6.08. The van der Waals surface area contributed by atoms with Gasteiger partial charge in [-0.2, -0.15) is 0 Å². The Bertz CT molecular complexity index is 1050. The van der Waals surface area contributed by atoms with Crippen molar-refractivity contribution in [3.05, 3.63) is 95.1 Å². The Labute approximate surface area is 181 Å². The zero-order valence-corrected chi connectivity index (χ0v) is 17.8. The standard InChI is InChI=1S/C26H24O5/c1-29-20-12-8-17(9-13-20)23(18-10-14-21(30-2)15-11-18)26(25(28)31-3)16-19-6-4-5-7-22(19)24(26)27/h4-15,23H,16H2,1-3H3. The summed E-state index contributed by atoms with van der Waals surface area (Å²) in [6, 6.07) is 22.3. The van der Waals surface area contributed by atoms with Gasteiger partial charge in [0.05, 0.1) is 21.3 Å². The number of benzene rings is 3. The van der Waals surface area contributed by atoms with Crippen molar-refractivity contribution in [1.29, 1.82) is 0 Å². The van der Waals surface area contributed by atoms with Crippen LogP contribution >= 0.6 is 0 Å². The lowest BCUT2D eigenvalue weighted by Gasteiger charge is -2.34. The average Bonchev–Trinajstić information content (AvgIpc) is 3.12. The lowest BCUT2D eigenvalue weighted by molar-refractivity contribution is -0.150. The molecule has 1 aliphatic carbocycles. The largest absolute Gasteiger partial charge is 0.497 e. The van der Waals surface area contributed by atoms with Crippen molar-refractivity contribution in [2.24, 2.45) is 5.41 Å². The average molecular weight is 416 g/mol. The first-order valence-corrected chi connectivity index (χ1v) is 10.0. The second kappa shape index (κ2) is 8.26. The molecule has 1 atom stereocenters. The van der Waals surface area contributed by atoms with Gasteiger partial charge in [0.15, 0.2) is 5.78 Å². The summed E-state index contributed by atoms with van der Waals surface area (Å²) in [6.07, 6.45) is 0.275. The molecule has 0 fully saturated rings. The molecule has 3 aromatic carbocycles. The lowest BCUT2D eigenvalue weighted by atomic mass is 9.66. The van der Waals surface area contributed by atoms with Crippen LogP contribution < -0.4 is 9.47 Å². The van der Waals surface area contributed by atoms with Crippen LogP contribution in [0, 0.1) is 5.41 Å². The minimum Gasteiger partial charge on any atom is -0.497 e. The maximum absolute atomic E-state index is 13.8. The molecular formula is C26H24O5. The van der Waals surface area contributed by atoms with E-state index >= 15 is 0 Å².